The van der Waals surface area contributed by atoms with Crippen LogP contribution >= 0.6 is 0 Å². The summed E-state index contributed by atoms with van der Waals surface area (Å²) in [4.78, 5) is 20.7. The van der Waals surface area contributed by atoms with Crippen molar-refractivity contribution in [2.75, 3.05) is 6.61 Å². The topological polar surface area (TPSA) is 98.9 Å². The summed E-state index contributed by atoms with van der Waals surface area (Å²) in [5, 5.41) is 19.2. The molecule has 1 fully saturated rings. The highest BCUT2D eigenvalue weighted by Crippen LogP contribution is 2.22. The molecule has 1 aromatic carbocycles. The summed E-state index contributed by atoms with van der Waals surface area (Å²) in [5.41, 5.74) is -0.00425. The van der Waals surface area contributed by atoms with Crippen LogP contribution in [0.3, 0.4) is 0 Å². The Hall–Kier alpha value is -2.15. The van der Waals surface area contributed by atoms with Crippen molar-refractivity contribution < 1.29 is 24.3 Å². The lowest BCUT2D eigenvalue weighted by Gasteiger charge is -2.12. The number of rotatable bonds is 5. The Morgan fingerprint density at radius 2 is 2.11 bits per heavy atom. The monoisotopic (exact) mass is 267 g/mol. The molecular formula is C12H13NO6. The van der Waals surface area contributed by atoms with Gasteiger partial charge in [0, 0.05) is 12.1 Å². The summed E-state index contributed by atoms with van der Waals surface area (Å²) in [5.74, 6) is -0.467. The SMILES string of the molecule is O=C(O)C1CCC(COc2ccc([N+](=O)[O-])cc2)O1. The number of nitrogens with zero attached hydrogens (tertiary/aromatic N) is 1. The molecule has 0 spiro atoms. The molecule has 0 bridgehead atoms. The van der Waals surface area contributed by atoms with Crippen molar-refractivity contribution in [1.82, 2.24) is 0 Å². The van der Waals surface area contributed by atoms with Gasteiger partial charge in [-0.05, 0) is 25.0 Å². The first-order valence-electron chi connectivity index (χ1n) is 5.82. The van der Waals surface area contributed by atoms with Crippen LogP contribution in [0.2, 0.25) is 0 Å². The van der Waals surface area contributed by atoms with Crippen molar-refractivity contribution in [2.24, 2.45) is 0 Å². The first-order valence-corrected chi connectivity index (χ1v) is 5.82. The summed E-state index contributed by atoms with van der Waals surface area (Å²) >= 11 is 0. The molecule has 1 aromatic rings. The third-order valence-electron chi connectivity index (χ3n) is 2.87. The first kappa shape index (κ1) is 13.3. The number of hydrogen-bond donors (Lipinski definition) is 1. The molecular weight excluding hydrogens is 254 g/mol. The minimum Gasteiger partial charge on any atom is -0.491 e. The van der Waals surface area contributed by atoms with Gasteiger partial charge in [0.2, 0.25) is 0 Å². The first-order chi connectivity index (χ1) is 9.06. The van der Waals surface area contributed by atoms with E-state index in [2.05, 4.69) is 0 Å². The number of ether oxygens (including phenoxy) is 2. The number of nitro groups is 1. The summed E-state index contributed by atoms with van der Waals surface area (Å²) < 4.78 is 10.7. The average molecular weight is 267 g/mol. The number of nitro benzene ring substituents is 1. The molecule has 2 atom stereocenters. The fourth-order valence-corrected chi connectivity index (χ4v) is 1.86. The number of carbonyl (C=O) groups is 1. The molecule has 19 heavy (non-hydrogen) atoms. The highest BCUT2D eigenvalue weighted by Gasteiger charge is 2.30. The van der Waals surface area contributed by atoms with Gasteiger partial charge < -0.3 is 14.6 Å². The molecule has 1 N–H and O–H groups in total. The number of aliphatic carboxylic acids is 1. The Bertz CT molecular complexity index is 472. The third-order valence-corrected chi connectivity index (χ3v) is 2.87. The number of carboxylic acid groups (broad SMARTS) is 1. The summed E-state index contributed by atoms with van der Waals surface area (Å²) in [6.07, 6.45) is 0.0925. The second-order valence-electron chi connectivity index (χ2n) is 4.22. The Morgan fingerprint density at radius 3 is 2.63 bits per heavy atom. The molecule has 7 heteroatoms. The van der Waals surface area contributed by atoms with Gasteiger partial charge in [0.05, 0.1) is 11.0 Å². The highest BCUT2D eigenvalue weighted by molar-refractivity contribution is 5.72. The Kier molecular flexibility index (Phi) is 3.96. The largest absolute Gasteiger partial charge is 0.491 e. The molecule has 0 amide bonds. The summed E-state index contributed by atoms with van der Waals surface area (Å²) in [6, 6.07) is 5.71. The number of hydrogen-bond acceptors (Lipinski definition) is 5. The second-order valence-corrected chi connectivity index (χ2v) is 4.22. The van der Waals surface area contributed by atoms with Crippen LogP contribution in [0.25, 0.3) is 0 Å². The third kappa shape index (κ3) is 3.41. The van der Waals surface area contributed by atoms with Crippen molar-refractivity contribution in [3.05, 3.63) is 34.4 Å². The van der Waals surface area contributed by atoms with Crippen LogP contribution < -0.4 is 4.74 Å². The maximum absolute atomic E-state index is 10.7. The van der Waals surface area contributed by atoms with Crippen LogP contribution in [0.1, 0.15) is 12.8 Å². The lowest BCUT2D eigenvalue weighted by Crippen LogP contribution is -2.23. The molecule has 0 aliphatic carbocycles. The molecule has 7 nitrogen and oxygen atoms in total. The van der Waals surface area contributed by atoms with E-state index in [1.165, 1.54) is 24.3 Å². The standard InChI is InChI=1S/C12H13NO6/c14-12(15)11-6-5-10(19-11)7-18-9-3-1-8(2-4-9)13(16)17/h1-4,10-11H,5-7H2,(H,14,15). The smallest absolute Gasteiger partial charge is 0.332 e. The van der Waals surface area contributed by atoms with Gasteiger partial charge in [-0.25, -0.2) is 4.79 Å². The zero-order valence-electron chi connectivity index (χ0n) is 10.0. The molecule has 0 saturated carbocycles. The average Bonchev–Trinajstić information content (AvgIpc) is 2.86. The van der Waals surface area contributed by atoms with Crippen LogP contribution in [-0.2, 0) is 9.53 Å². The minimum atomic E-state index is -0.960. The zero-order chi connectivity index (χ0) is 13.8. The summed E-state index contributed by atoms with van der Waals surface area (Å²) in [7, 11) is 0. The van der Waals surface area contributed by atoms with Gasteiger partial charge in [0.1, 0.15) is 12.4 Å². The minimum absolute atomic E-state index is 0.00425. The van der Waals surface area contributed by atoms with E-state index >= 15 is 0 Å². The zero-order valence-corrected chi connectivity index (χ0v) is 10.0. The van der Waals surface area contributed by atoms with Gasteiger partial charge in [-0.1, -0.05) is 0 Å². The fraction of sp³-hybridized carbons (Fsp3) is 0.417. The molecule has 0 radical (unpaired) electrons. The van der Waals surface area contributed by atoms with E-state index in [0.717, 1.165) is 0 Å². The van der Waals surface area contributed by atoms with E-state index in [4.69, 9.17) is 14.6 Å². The van der Waals surface area contributed by atoms with E-state index < -0.39 is 17.0 Å². The van der Waals surface area contributed by atoms with Gasteiger partial charge in [-0.3, -0.25) is 10.1 Å². The van der Waals surface area contributed by atoms with Gasteiger partial charge >= 0.3 is 5.97 Å². The van der Waals surface area contributed by atoms with Crippen molar-refractivity contribution in [3.63, 3.8) is 0 Å². The van der Waals surface area contributed by atoms with E-state index in [1.54, 1.807) is 0 Å². The fourth-order valence-electron chi connectivity index (χ4n) is 1.86. The molecule has 1 heterocycles. The highest BCUT2D eigenvalue weighted by atomic mass is 16.6. The lowest BCUT2D eigenvalue weighted by atomic mass is 10.2. The maximum Gasteiger partial charge on any atom is 0.332 e. The lowest BCUT2D eigenvalue weighted by molar-refractivity contribution is -0.384. The van der Waals surface area contributed by atoms with Crippen LogP contribution in [0.5, 0.6) is 5.75 Å². The maximum atomic E-state index is 10.7. The Labute approximate surface area is 108 Å². The normalized spacial score (nSPS) is 22.1. The number of non-ortho nitro benzene ring substituents is 1. The van der Waals surface area contributed by atoms with Crippen molar-refractivity contribution in [1.29, 1.82) is 0 Å². The number of benzene rings is 1. The van der Waals surface area contributed by atoms with Crippen LogP contribution in [0.15, 0.2) is 24.3 Å². The van der Waals surface area contributed by atoms with Crippen LogP contribution in [-0.4, -0.2) is 34.8 Å². The van der Waals surface area contributed by atoms with Gasteiger partial charge in [-0.15, -0.1) is 0 Å². The number of carboxylic acids is 1. The van der Waals surface area contributed by atoms with Crippen LogP contribution in [0.4, 0.5) is 5.69 Å². The Balaban J connectivity index is 1.83. The van der Waals surface area contributed by atoms with Crippen LogP contribution in [0, 0.1) is 10.1 Å². The van der Waals surface area contributed by atoms with E-state index in [-0.39, 0.29) is 18.4 Å². The van der Waals surface area contributed by atoms with Gasteiger partial charge in [0.25, 0.3) is 5.69 Å². The second kappa shape index (κ2) is 5.66. The van der Waals surface area contributed by atoms with Gasteiger partial charge in [0.15, 0.2) is 6.10 Å². The summed E-state index contributed by atoms with van der Waals surface area (Å²) in [6.45, 7) is 0.238. The quantitative estimate of drug-likeness (QED) is 0.642. The van der Waals surface area contributed by atoms with Crippen molar-refractivity contribution >= 4 is 11.7 Å². The molecule has 1 aliphatic heterocycles. The van der Waals surface area contributed by atoms with E-state index in [1.807, 2.05) is 0 Å². The molecule has 2 rings (SSSR count). The van der Waals surface area contributed by atoms with E-state index in [0.29, 0.717) is 18.6 Å². The van der Waals surface area contributed by atoms with E-state index in [9.17, 15) is 14.9 Å². The predicted octanol–water partition coefficient (Wildman–Crippen LogP) is 1.61. The molecule has 1 saturated heterocycles. The molecule has 0 aromatic heterocycles. The molecule has 1 aliphatic rings. The van der Waals surface area contributed by atoms with Gasteiger partial charge in [-0.2, -0.15) is 0 Å². The molecule has 102 valence electrons. The Morgan fingerprint density at radius 1 is 1.42 bits per heavy atom. The predicted molar refractivity (Wildman–Crippen MR) is 64.1 cm³/mol. The van der Waals surface area contributed by atoms with Crippen molar-refractivity contribution in [3.8, 4) is 5.75 Å². The molecule has 2 unspecified atom stereocenters. The van der Waals surface area contributed by atoms with Crippen molar-refractivity contribution in [2.45, 2.75) is 25.0 Å².